The van der Waals surface area contributed by atoms with Crippen LogP contribution in [0.5, 0.6) is 5.75 Å². The normalized spacial score (nSPS) is 10.9. The van der Waals surface area contributed by atoms with E-state index in [2.05, 4.69) is 31.4 Å². The van der Waals surface area contributed by atoms with Crippen molar-refractivity contribution in [3.05, 3.63) is 84.4 Å². The summed E-state index contributed by atoms with van der Waals surface area (Å²) in [6, 6.07) is 22.1. The second kappa shape index (κ2) is 14.7. The van der Waals surface area contributed by atoms with Crippen molar-refractivity contribution < 1.29 is 29.0 Å². The number of carboxylic acid groups (broad SMARTS) is 1. The number of carbonyl (C=O) groups excluding carboxylic acids is 3. The van der Waals surface area contributed by atoms with Gasteiger partial charge in [-0.3, -0.25) is 14.4 Å². The highest BCUT2D eigenvalue weighted by Gasteiger charge is 2.23. The summed E-state index contributed by atoms with van der Waals surface area (Å²) in [5.41, 5.74) is 2.10. The predicted molar refractivity (Wildman–Crippen MR) is 163 cm³/mol. The van der Waals surface area contributed by atoms with Crippen molar-refractivity contribution in [3.63, 3.8) is 0 Å². The summed E-state index contributed by atoms with van der Waals surface area (Å²) in [5, 5.41) is 14.2. The van der Waals surface area contributed by atoms with Crippen molar-refractivity contribution >= 4 is 40.9 Å². The van der Waals surface area contributed by atoms with Crippen molar-refractivity contribution in [2.45, 2.75) is 33.6 Å². The first-order valence-electron chi connectivity index (χ1n) is 13.6. The number of anilines is 3. The zero-order valence-electron chi connectivity index (χ0n) is 24.4. The van der Waals surface area contributed by atoms with Crippen molar-refractivity contribution in [2.24, 2.45) is 5.41 Å². The maximum Gasteiger partial charge on any atom is 0.319 e. The highest BCUT2D eigenvalue weighted by molar-refractivity contribution is 5.99. The molecule has 4 amide bonds. The molecule has 0 aromatic heterocycles. The fraction of sp³-hybridized carbons (Fsp3) is 0.312. The highest BCUT2D eigenvalue weighted by Crippen LogP contribution is 2.30. The number of ether oxygens (including phenoxy) is 1. The average Bonchev–Trinajstić information content (AvgIpc) is 2.94. The molecular weight excluding hydrogens is 536 g/mol. The monoisotopic (exact) mass is 574 g/mol. The lowest BCUT2D eigenvalue weighted by atomic mass is 9.92. The Balaban J connectivity index is 1.70. The Morgan fingerprint density at radius 1 is 0.881 bits per heavy atom. The van der Waals surface area contributed by atoms with Crippen LogP contribution in [0.1, 0.15) is 32.8 Å². The SMILES string of the molecule is CN(C(=O)COc1ccccc1N(CCC(C)(C)C)C(=O)CNC(=O)Nc1cccc(CC(=O)O)c1)c1ccccc1. The van der Waals surface area contributed by atoms with Crippen LogP contribution >= 0.6 is 0 Å². The van der Waals surface area contributed by atoms with Gasteiger partial charge in [0.15, 0.2) is 6.61 Å². The topological polar surface area (TPSA) is 128 Å². The fourth-order valence-electron chi connectivity index (χ4n) is 4.02. The first-order valence-corrected chi connectivity index (χ1v) is 13.6. The Labute approximate surface area is 246 Å². The van der Waals surface area contributed by atoms with Gasteiger partial charge in [0.2, 0.25) is 5.91 Å². The predicted octanol–water partition coefficient (Wildman–Crippen LogP) is 4.95. The van der Waals surface area contributed by atoms with Crippen LogP contribution in [0, 0.1) is 5.41 Å². The first-order chi connectivity index (χ1) is 19.9. The molecule has 10 nitrogen and oxygen atoms in total. The van der Waals surface area contributed by atoms with Crippen molar-refractivity contribution in [1.82, 2.24) is 5.32 Å². The third kappa shape index (κ3) is 9.96. The molecule has 0 fully saturated rings. The van der Waals surface area contributed by atoms with Crippen molar-refractivity contribution in [2.75, 3.05) is 41.9 Å². The van der Waals surface area contributed by atoms with Gasteiger partial charge in [0.1, 0.15) is 5.75 Å². The minimum absolute atomic E-state index is 0.0749. The third-order valence-corrected chi connectivity index (χ3v) is 6.35. The van der Waals surface area contributed by atoms with Gasteiger partial charge in [0.25, 0.3) is 5.91 Å². The summed E-state index contributed by atoms with van der Waals surface area (Å²) in [4.78, 5) is 52.9. The van der Waals surface area contributed by atoms with Crippen molar-refractivity contribution in [3.8, 4) is 5.75 Å². The Kier molecular flexibility index (Phi) is 11.1. The molecule has 0 aliphatic heterocycles. The number of carbonyl (C=O) groups is 4. The van der Waals surface area contributed by atoms with E-state index in [9.17, 15) is 19.2 Å². The molecule has 0 unspecified atom stereocenters. The first kappa shape index (κ1) is 31.7. The van der Waals surface area contributed by atoms with E-state index in [0.29, 0.717) is 35.7 Å². The standard InChI is InChI=1S/C32H38N4O6/c1-32(2,3)17-18-36(28(37)21-33-31(41)34-24-12-10-11-23(19-24)20-30(39)40)26-15-8-9-16-27(26)42-22-29(38)35(4)25-13-6-5-7-14-25/h5-16,19H,17-18,20-22H2,1-4H3,(H,39,40)(H2,33,34,41). The lowest BCUT2D eigenvalue weighted by Crippen LogP contribution is -2.43. The van der Waals surface area contributed by atoms with E-state index in [-0.39, 0.29) is 36.8 Å². The second-order valence-electron chi connectivity index (χ2n) is 11.0. The number of nitrogens with one attached hydrogen (secondary N) is 2. The summed E-state index contributed by atoms with van der Waals surface area (Å²) in [6.45, 7) is 6.04. The number of hydrogen-bond acceptors (Lipinski definition) is 5. The molecule has 0 saturated carbocycles. The van der Waals surface area contributed by atoms with Crippen LogP contribution in [0.2, 0.25) is 0 Å². The van der Waals surface area contributed by atoms with Gasteiger partial charge in [-0.1, -0.05) is 63.2 Å². The van der Waals surface area contributed by atoms with E-state index in [0.717, 1.165) is 5.69 Å². The van der Waals surface area contributed by atoms with Crippen molar-refractivity contribution in [1.29, 1.82) is 0 Å². The second-order valence-corrected chi connectivity index (χ2v) is 11.0. The number of benzene rings is 3. The molecule has 3 aromatic carbocycles. The number of nitrogens with zero attached hydrogens (tertiary/aromatic N) is 2. The van der Waals surface area contributed by atoms with Gasteiger partial charge >= 0.3 is 12.0 Å². The number of para-hydroxylation sites is 3. The van der Waals surface area contributed by atoms with Gasteiger partial charge in [0, 0.05) is 25.0 Å². The summed E-state index contributed by atoms with van der Waals surface area (Å²) < 4.78 is 5.92. The van der Waals surface area contributed by atoms with Crippen LogP contribution < -0.4 is 25.2 Å². The van der Waals surface area contributed by atoms with E-state index < -0.39 is 12.0 Å². The van der Waals surface area contributed by atoms with E-state index in [1.54, 1.807) is 60.5 Å². The molecule has 0 heterocycles. The molecule has 0 aliphatic rings. The Bertz CT molecular complexity index is 1390. The van der Waals surface area contributed by atoms with Gasteiger partial charge in [-0.25, -0.2) is 4.79 Å². The number of amides is 4. The number of rotatable bonds is 12. The molecule has 3 N–H and O–H groups in total. The summed E-state index contributed by atoms with van der Waals surface area (Å²) in [6.07, 6.45) is 0.499. The van der Waals surface area contributed by atoms with Crippen LogP contribution in [-0.4, -0.2) is 55.7 Å². The molecule has 0 saturated heterocycles. The molecular formula is C32H38N4O6. The summed E-state index contributed by atoms with van der Waals surface area (Å²) >= 11 is 0. The molecule has 10 heteroatoms. The maximum absolute atomic E-state index is 13.5. The average molecular weight is 575 g/mol. The van der Waals surface area contributed by atoms with Gasteiger partial charge < -0.3 is 30.3 Å². The highest BCUT2D eigenvalue weighted by atomic mass is 16.5. The molecule has 0 aliphatic carbocycles. The zero-order chi connectivity index (χ0) is 30.7. The van der Waals surface area contributed by atoms with Gasteiger partial charge in [-0.15, -0.1) is 0 Å². The molecule has 0 atom stereocenters. The molecule has 0 bridgehead atoms. The molecule has 0 radical (unpaired) electrons. The number of carboxylic acids is 1. The van der Waals surface area contributed by atoms with Crippen LogP contribution in [0.4, 0.5) is 21.9 Å². The summed E-state index contributed by atoms with van der Waals surface area (Å²) in [5.74, 6) is -1.23. The number of likely N-dealkylation sites (N-methyl/N-ethyl adjacent to an activating group) is 1. The largest absolute Gasteiger partial charge is 0.482 e. The molecule has 3 rings (SSSR count). The van der Waals surface area contributed by atoms with Crippen LogP contribution in [-0.2, 0) is 20.8 Å². The molecule has 42 heavy (non-hydrogen) atoms. The Hall–Kier alpha value is -4.86. The minimum Gasteiger partial charge on any atom is -0.482 e. The number of aliphatic carboxylic acids is 1. The molecule has 3 aromatic rings. The lowest BCUT2D eigenvalue weighted by Gasteiger charge is -2.29. The van der Waals surface area contributed by atoms with Crippen LogP contribution in [0.3, 0.4) is 0 Å². The van der Waals surface area contributed by atoms with Gasteiger partial charge in [0.05, 0.1) is 18.7 Å². The van der Waals surface area contributed by atoms with Gasteiger partial charge in [-0.2, -0.15) is 0 Å². The quantitative estimate of drug-likeness (QED) is 0.281. The number of urea groups is 1. The molecule has 222 valence electrons. The number of hydrogen-bond donors (Lipinski definition) is 3. The van der Waals surface area contributed by atoms with Gasteiger partial charge in [-0.05, 0) is 53.8 Å². The summed E-state index contributed by atoms with van der Waals surface area (Å²) in [7, 11) is 1.67. The van der Waals surface area contributed by atoms with E-state index in [4.69, 9.17) is 9.84 Å². The van der Waals surface area contributed by atoms with E-state index >= 15 is 0 Å². The maximum atomic E-state index is 13.5. The smallest absolute Gasteiger partial charge is 0.319 e. The van der Waals surface area contributed by atoms with E-state index in [1.165, 1.54) is 4.90 Å². The lowest BCUT2D eigenvalue weighted by molar-refractivity contribution is -0.136. The third-order valence-electron chi connectivity index (χ3n) is 6.35. The fourth-order valence-corrected chi connectivity index (χ4v) is 4.02. The molecule has 0 spiro atoms. The van der Waals surface area contributed by atoms with Crippen LogP contribution in [0.25, 0.3) is 0 Å². The Morgan fingerprint density at radius 3 is 2.26 bits per heavy atom. The van der Waals surface area contributed by atoms with E-state index in [1.807, 2.05) is 30.3 Å². The van der Waals surface area contributed by atoms with Crippen LogP contribution in [0.15, 0.2) is 78.9 Å². The minimum atomic E-state index is -0.977. The Morgan fingerprint density at radius 2 is 1.57 bits per heavy atom. The zero-order valence-corrected chi connectivity index (χ0v) is 24.4.